The van der Waals surface area contributed by atoms with Crippen LogP contribution >= 0.6 is 11.3 Å². The number of rotatable bonds is 6. The first-order chi connectivity index (χ1) is 8.88. The fraction of sp³-hybridized carbons (Fsp3) is 0.615. The van der Waals surface area contributed by atoms with Crippen molar-refractivity contribution < 1.29 is 14.3 Å². The molecule has 1 aromatic rings. The lowest BCUT2D eigenvalue weighted by molar-refractivity contribution is -0.148. The highest BCUT2D eigenvalue weighted by molar-refractivity contribution is 7.09. The van der Waals surface area contributed by atoms with E-state index in [4.69, 9.17) is 4.74 Å². The Balaban J connectivity index is 2.28. The largest absolute Gasteiger partial charge is 0.455 e. The second kappa shape index (κ2) is 7.23. The smallest absolute Gasteiger partial charge is 0.312 e. The number of nitrogens with zero attached hydrogens (tertiary/aromatic N) is 1. The quantitative estimate of drug-likeness (QED) is 0.807. The van der Waals surface area contributed by atoms with E-state index in [1.54, 1.807) is 0 Å². The summed E-state index contributed by atoms with van der Waals surface area (Å²) < 4.78 is 4.91. The number of hydrogen-bond donors (Lipinski definition) is 1. The Bertz CT molecular complexity index is 443. The van der Waals surface area contributed by atoms with Crippen LogP contribution in [0.1, 0.15) is 31.5 Å². The van der Waals surface area contributed by atoms with Gasteiger partial charge in [-0.05, 0) is 19.8 Å². The third-order valence-electron chi connectivity index (χ3n) is 2.74. The highest BCUT2D eigenvalue weighted by Crippen LogP contribution is 2.08. The Labute approximate surface area is 117 Å². The lowest BCUT2D eigenvalue weighted by atomic mass is 10.1. The molecule has 0 radical (unpaired) electrons. The molecule has 0 aromatic carbocycles. The minimum atomic E-state index is -0.433. The molecule has 6 heteroatoms. The lowest BCUT2D eigenvalue weighted by Gasteiger charge is -2.17. The molecule has 0 spiro atoms. The maximum absolute atomic E-state index is 11.5. The van der Waals surface area contributed by atoms with Crippen LogP contribution in [0, 0.1) is 12.8 Å². The van der Waals surface area contributed by atoms with Crippen LogP contribution in [-0.2, 0) is 20.7 Å². The molecule has 1 N–H and O–H groups in total. The van der Waals surface area contributed by atoms with Crippen molar-refractivity contribution in [1.29, 1.82) is 0 Å². The van der Waals surface area contributed by atoms with E-state index < -0.39 is 5.97 Å². The van der Waals surface area contributed by atoms with Crippen LogP contribution in [-0.4, -0.2) is 29.5 Å². The van der Waals surface area contributed by atoms with Gasteiger partial charge in [0.15, 0.2) is 6.61 Å². The topological polar surface area (TPSA) is 68.3 Å². The van der Waals surface area contributed by atoms with Crippen LogP contribution in [0.15, 0.2) is 5.38 Å². The standard InChI is InChI=1S/C13H20N2O3S/c1-8(2)9(3)14-12(16)6-18-13(17)5-11-7-19-10(4)15-11/h7-9H,5-6H2,1-4H3,(H,14,16). The van der Waals surface area contributed by atoms with Crippen molar-refractivity contribution in [2.24, 2.45) is 5.92 Å². The van der Waals surface area contributed by atoms with Gasteiger partial charge in [-0.15, -0.1) is 11.3 Å². The molecule has 0 aliphatic rings. The van der Waals surface area contributed by atoms with Gasteiger partial charge in [-0.3, -0.25) is 9.59 Å². The van der Waals surface area contributed by atoms with Gasteiger partial charge in [0.25, 0.3) is 5.91 Å². The fourth-order valence-electron chi connectivity index (χ4n) is 1.30. The molecule has 1 aromatic heterocycles. The number of esters is 1. The van der Waals surface area contributed by atoms with Crippen molar-refractivity contribution in [2.45, 2.75) is 40.2 Å². The molecular formula is C13H20N2O3S. The van der Waals surface area contributed by atoms with Gasteiger partial charge in [0.2, 0.25) is 0 Å². The number of aryl methyl sites for hydroxylation is 1. The molecule has 1 rings (SSSR count). The van der Waals surface area contributed by atoms with Crippen LogP contribution in [0.2, 0.25) is 0 Å². The average Bonchev–Trinajstić information content (AvgIpc) is 2.72. The van der Waals surface area contributed by atoms with Crippen molar-refractivity contribution in [3.63, 3.8) is 0 Å². The lowest BCUT2D eigenvalue weighted by Crippen LogP contribution is -2.38. The highest BCUT2D eigenvalue weighted by Gasteiger charge is 2.13. The van der Waals surface area contributed by atoms with Crippen molar-refractivity contribution in [1.82, 2.24) is 10.3 Å². The Morgan fingerprint density at radius 1 is 1.42 bits per heavy atom. The molecule has 0 aliphatic carbocycles. The number of amides is 1. The SMILES string of the molecule is Cc1nc(CC(=O)OCC(=O)NC(C)C(C)C)cs1. The molecule has 0 aliphatic heterocycles. The summed E-state index contributed by atoms with van der Waals surface area (Å²) in [5.41, 5.74) is 0.684. The summed E-state index contributed by atoms with van der Waals surface area (Å²) in [6.45, 7) is 7.59. The zero-order valence-electron chi connectivity index (χ0n) is 11.7. The normalized spacial score (nSPS) is 12.3. The van der Waals surface area contributed by atoms with E-state index in [1.165, 1.54) is 11.3 Å². The minimum absolute atomic E-state index is 0.0624. The van der Waals surface area contributed by atoms with Gasteiger partial charge in [0, 0.05) is 11.4 Å². The van der Waals surface area contributed by atoms with Gasteiger partial charge in [0.1, 0.15) is 0 Å². The van der Waals surface area contributed by atoms with Crippen LogP contribution < -0.4 is 5.32 Å². The third kappa shape index (κ3) is 5.83. The maximum Gasteiger partial charge on any atom is 0.312 e. The number of thiazole rings is 1. The molecule has 1 unspecified atom stereocenters. The minimum Gasteiger partial charge on any atom is -0.455 e. The summed E-state index contributed by atoms with van der Waals surface area (Å²) in [7, 11) is 0. The Morgan fingerprint density at radius 3 is 2.63 bits per heavy atom. The van der Waals surface area contributed by atoms with Gasteiger partial charge in [0.05, 0.1) is 17.1 Å². The summed E-state index contributed by atoms with van der Waals surface area (Å²) in [4.78, 5) is 27.2. The summed E-state index contributed by atoms with van der Waals surface area (Å²) >= 11 is 1.48. The Kier molecular flexibility index (Phi) is 5.95. The van der Waals surface area contributed by atoms with Crippen LogP contribution in [0.3, 0.4) is 0 Å². The maximum atomic E-state index is 11.5. The molecule has 1 heterocycles. The number of carbonyl (C=O) groups excluding carboxylic acids is 2. The summed E-state index contributed by atoms with van der Waals surface area (Å²) in [6.07, 6.45) is 0.108. The molecule has 1 atom stereocenters. The number of nitrogens with one attached hydrogen (secondary N) is 1. The predicted molar refractivity (Wildman–Crippen MR) is 74.0 cm³/mol. The second-order valence-electron chi connectivity index (χ2n) is 4.80. The second-order valence-corrected chi connectivity index (χ2v) is 5.86. The Morgan fingerprint density at radius 2 is 2.11 bits per heavy atom. The molecule has 5 nitrogen and oxygen atoms in total. The molecule has 0 fully saturated rings. The predicted octanol–water partition coefficient (Wildman–Crippen LogP) is 1.70. The van der Waals surface area contributed by atoms with Crippen molar-refractivity contribution >= 4 is 23.2 Å². The van der Waals surface area contributed by atoms with Gasteiger partial charge in [-0.25, -0.2) is 4.98 Å². The summed E-state index contributed by atoms with van der Waals surface area (Å²) in [5.74, 6) is -0.362. The van der Waals surface area contributed by atoms with Crippen LogP contribution in [0.4, 0.5) is 0 Å². The van der Waals surface area contributed by atoms with Crippen molar-refractivity contribution in [3.8, 4) is 0 Å². The molecule has 106 valence electrons. The van der Waals surface area contributed by atoms with Gasteiger partial charge in [-0.2, -0.15) is 0 Å². The van der Waals surface area contributed by atoms with E-state index in [-0.39, 0.29) is 25.0 Å². The molecule has 19 heavy (non-hydrogen) atoms. The van der Waals surface area contributed by atoms with E-state index >= 15 is 0 Å². The molecule has 0 bridgehead atoms. The van der Waals surface area contributed by atoms with Crippen LogP contribution in [0.5, 0.6) is 0 Å². The first kappa shape index (κ1) is 15.6. The first-order valence-electron chi connectivity index (χ1n) is 6.24. The third-order valence-corrected chi connectivity index (χ3v) is 3.57. The van der Waals surface area contributed by atoms with Gasteiger partial charge < -0.3 is 10.1 Å². The summed E-state index contributed by atoms with van der Waals surface area (Å²) in [6, 6.07) is 0.0624. The summed E-state index contributed by atoms with van der Waals surface area (Å²) in [5, 5.41) is 5.50. The van der Waals surface area contributed by atoms with E-state index in [0.717, 1.165) is 5.01 Å². The number of ether oxygens (including phenoxy) is 1. The average molecular weight is 284 g/mol. The van der Waals surface area contributed by atoms with Gasteiger partial charge >= 0.3 is 5.97 Å². The first-order valence-corrected chi connectivity index (χ1v) is 7.12. The van der Waals surface area contributed by atoms with Gasteiger partial charge in [-0.1, -0.05) is 13.8 Å². The van der Waals surface area contributed by atoms with Crippen molar-refractivity contribution in [3.05, 3.63) is 16.1 Å². The number of aromatic nitrogens is 1. The monoisotopic (exact) mass is 284 g/mol. The van der Waals surface area contributed by atoms with Crippen molar-refractivity contribution in [2.75, 3.05) is 6.61 Å². The number of hydrogen-bond acceptors (Lipinski definition) is 5. The molecule has 0 saturated carbocycles. The molecule has 1 amide bonds. The van der Waals surface area contributed by atoms with E-state index in [2.05, 4.69) is 10.3 Å². The zero-order chi connectivity index (χ0) is 14.4. The Hall–Kier alpha value is -1.43. The highest BCUT2D eigenvalue weighted by atomic mass is 32.1. The van der Waals surface area contributed by atoms with E-state index in [0.29, 0.717) is 11.6 Å². The fourth-order valence-corrected chi connectivity index (χ4v) is 1.91. The van der Waals surface area contributed by atoms with Crippen LogP contribution in [0.25, 0.3) is 0 Å². The molecule has 0 saturated heterocycles. The van der Waals surface area contributed by atoms with E-state index in [1.807, 2.05) is 33.1 Å². The molecular weight excluding hydrogens is 264 g/mol. The number of carbonyl (C=O) groups is 2. The zero-order valence-corrected chi connectivity index (χ0v) is 12.5. The van der Waals surface area contributed by atoms with E-state index in [9.17, 15) is 9.59 Å².